The van der Waals surface area contributed by atoms with Gasteiger partial charge in [0.15, 0.2) is 7.93 Å². The van der Waals surface area contributed by atoms with Gasteiger partial charge >= 0.3 is 0 Å². The zero-order valence-electron chi connectivity index (χ0n) is 6.82. The molecule has 0 fully saturated rings. The number of hydrogen-bond donors (Lipinski definition) is 3. The minimum atomic E-state index is -1.81. The molecule has 3 nitrogen and oxygen atoms in total. The van der Waals surface area contributed by atoms with Crippen LogP contribution in [0.25, 0.3) is 0 Å². The Morgan fingerprint density at radius 3 is 1.21 bits per heavy atom. The van der Waals surface area contributed by atoms with E-state index >= 15 is 0 Å². The third-order valence-electron chi connectivity index (χ3n) is 0.716. The molecule has 9 heteroatoms. The third-order valence-corrected chi connectivity index (χ3v) is 3.33. The highest BCUT2D eigenvalue weighted by Crippen LogP contribution is 2.41. The number of halogens is 6. The Bertz CT molecular complexity index is 148. The molecule has 0 amide bonds. The number of aliphatic hydroxyl groups excluding tert-OH is 1. The minimum Gasteiger partial charge on any atom is -0.392 e. The molecular formula is C5H8Br3Cl3O3. The number of rotatable bonds is 0. The van der Waals surface area contributed by atoms with Crippen LogP contribution in [-0.2, 0) is 0 Å². The average Bonchev–Trinajstić information content (AvgIpc) is 1.82. The summed E-state index contributed by atoms with van der Waals surface area (Å²) in [5.74, 6) is -1.81. The molecule has 0 aliphatic carbocycles. The quantitative estimate of drug-likeness (QED) is 0.384. The van der Waals surface area contributed by atoms with Crippen molar-refractivity contribution in [2.75, 3.05) is 6.61 Å². The Hall–Kier alpha value is 2.19. The first-order valence-electron chi connectivity index (χ1n) is 3.00. The molecule has 0 aromatic rings. The van der Waals surface area contributed by atoms with Gasteiger partial charge < -0.3 is 15.3 Å². The predicted molar refractivity (Wildman–Crippen MR) is 69.7 cm³/mol. The van der Waals surface area contributed by atoms with Crippen molar-refractivity contribution in [3.63, 3.8) is 0 Å². The highest BCUT2D eigenvalue weighted by Gasteiger charge is 2.38. The molecule has 0 saturated heterocycles. The van der Waals surface area contributed by atoms with Gasteiger partial charge in [-0.1, -0.05) is 82.6 Å². The van der Waals surface area contributed by atoms with Gasteiger partial charge in [0.05, 0.1) is 6.61 Å². The van der Waals surface area contributed by atoms with Crippen LogP contribution in [0.5, 0.6) is 0 Å². The Kier molecular flexibility index (Phi) is 9.03. The molecule has 0 aliphatic rings. The molecular weight excluding hydrogens is 454 g/mol. The summed E-state index contributed by atoms with van der Waals surface area (Å²) in [4.78, 5) is 0. The smallest absolute Gasteiger partial charge is 0.213 e. The van der Waals surface area contributed by atoms with Crippen molar-refractivity contribution in [1.82, 2.24) is 0 Å². The van der Waals surface area contributed by atoms with E-state index in [1.807, 2.05) is 0 Å². The maximum atomic E-state index is 8.77. The van der Waals surface area contributed by atoms with Crippen LogP contribution >= 0.6 is 82.6 Å². The molecule has 0 spiro atoms. The Balaban J connectivity index is 0. The second-order valence-electron chi connectivity index (χ2n) is 2.29. The van der Waals surface area contributed by atoms with Crippen LogP contribution in [-0.4, -0.2) is 33.6 Å². The Labute approximate surface area is 122 Å². The van der Waals surface area contributed by atoms with Crippen molar-refractivity contribution < 1.29 is 15.3 Å². The first-order valence-corrected chi connectivity index (χ1v) is 6.51. The summed E-state index contributed by atoms with van der Waals surface area (Å²) < 4.78 is -2.50. The third kappa shape index (κ3) is 12.3. The van der Waals surface area contributed by atoms with Gasteiger partial charge in [-0.05, 0) is 6.92 Å². The average molecular weight is 462 g/mol. The second-order valence-corrected chi connectivity index (χ2v) is 11.6. The number of alkyl halides is 6. The lowest BCUT2D eigenvalue weighted by molar-refractivity contribution is -0.132. The Morgan fingerprint density at radius 1 is 1.07 bits per heavy atom. The molecule has 0 bridgehead atoms. The standard InChI is InChI=1S/C3H5Br3O2.C2H3Cl3O/c1-2(7,8)3(4,5)6;3-2(4,5)1-6/h7-8H,1H3;6H,1H2. The zero-order chi connectivity index (χ0) is 12.2. The normalized spacial score (nSPS) is 13.3. The van der Waals surface area contributed by atoms with Crippen LogP contribution in [0.3, 0.4) is 0 Å². The van der Waals surface area contributed by atoms with Crippen LogP contribution in [0.1, 0.15) is 6.92 Å². The van der Waals surface area contributed by atoms with E-state index in [1.54, 1.807) is 0 Å². The summed E-state index contributed by atoms with van der Waals surface area (Å²) >= 11 is 23.8. The van der Waals surface area contributed by atoms with Gasteiger partial charge in [-0.25, -0.2) is 0 Å². The molecule has 0 aromatic heterocycles. The van der Waals surface area contributed by atoms with Crippen LogP contribution in [0.15, 0.2) is 0 Å². The van der Waals surface area contributed by atoms with Gasteiger partial charge in [0.25, 0.3) is 0 Å². The SMILES string of the molecule is CC(O)(O)C(Br)(Br)Br.OCC(Cl)(Cl)Cl. The largest absolute Gasteiger partial charge is 0.392 e. The van der Waals surface area contributed by atoms with Crippen molar-refractivity contribution in [2.45, 2.75) is 18.6 Å². The van der Waals surface area contributed by atoms with Gasteiger partial charge in [0.1, 0.15) is 0 Å². The van der Waals surface area contributed by atoms with Gasteiger partial charge in [-0.2, -0.15) is 0 Å². The fraction of sp³-hybridized carbons (Fsp3) is 1.00. The molecule has 0 saturated carbocycles. The Morgan fingerprint density at radius 2 is 1.21 bits per heavy atom. The molecule has 0 aromatic carbocycles. The van der Waals surface area contributed by atoms with E-state index in [2.05, 4.69) is 47.8 Å². The number of aliphatic hydroxyl groups is 3. The van der Waals surface area contributed by atoms with Crippen LogP contribution in [0.2, 0.25) is 0 Å². The fourth-order valence-electron chi connectivity index (χ4n) is 0. The lowest BCUT2D eigenvalue weighted by Gasteiger charge is -2.25. The monoisotopic (exact) mass is 458 g/mol. The fourth-order valence-corrected chi connectivity index (χ4v) is 0. The van der Waals surface area contributed by atoms with Crippen molar-refractivity contribution in [3.8, 4) is 0 Å². The van der Waals surface area contributed by atoms with E-state index in [0.717, 1.165) is 0 Å². The highest BCUT2D eigenvalue weighted by molar-refractivity contribution is 9.39. The molecule has 14 heavy (non-hydrogen) atoms. The maximum Gasteiger partial charge on any atom is 0.213 e. The molecule has 0 atom stereocenters. The zero-order valence-corrected chi connectivity index (χ0v) is 13.8. The van der Waals surface area contributed by atoms with Crippen LogP contribution in [0, 0.1) is 0 Å². The topological polar surface area (TPSA) is 60.7 Å². The van der Waals surface area contributed by atoms with E-state index in [0.29, 0.717) is 0 Å². The van der Waals surface area contributed by atoms with Gasteiger partial charge in [0, 0.05) is 0 Å². The molecule has 0 heterocycles. The van der Waals surface area contributed by atoms with Crippen LogP contribution < -0.4 is 0 Å². The van der Waals surface area contributed by atoms with Crippen molar-refractivity contribution in [1.29, 1.82) is 0 Å². The summed E-state index contributed by atoms with van der Waals surface area (Å²) in [5.41, 5.74) is 0. The van der Waals surface area contributed by atoms with Crippen molar-refractivity contribution in [3.05, 3.63) is 0 Å². The summed E-state index contributed by atoms with van der Waals surface area (Å²) in [7, 11) is 0. The molecule has 3 N–H and O–H groups in total. The van der Waals surface area contributed by atoms with Gasteiger partial charge in [-0.3, -0.25) is 0 Å². The van der Waals surface area contributed by atoms with E-state index in [1.165, 1.54) is 6.92 Å². The lowest BCUT2D eigenvalue weighted by Crippen LogP contribution is -2.37. The van der Waals surface area contributed by atoms with Crippen molar-refractivity contribution in [2.24, 2.45) is 0 Å². The van der Waals surface area contributed by atoms with E-state index in [4.69, 9.17) is 50.1 Å². The van der Waals surface area contributed by atoms with Crippen LogP contribution in [0.4, 0.5) is 0 Å². The lowest BCUT2D eigenvalue weighted by atomic mass is 10.4. The molecule has 88 valence electrons. The predicted octanol–water partition coefficient (Wildman–Crippen LogP) is 2.87. The summed E-state index contributed by atoms with van der Waals surface area (Å²) in [6.07, 6.45) is 0. The second kappa shape index (κ2) is 6.81. The van der Waals surface area contributed by atoms with Crippen molar-refractivity contribution >= 4 is 82.6 Å². The maximum absolute atomic E-state index is 8.77. The summed E-state index contributed by atoms with van der Waals surface area (Å²) in [6.45, 7) is 0.808. The molecule has 0 radical (unpaired) electrons. The molecule has 0 rings (SSSR count). The van der Waals surface area contributed by atoms with E-state index in [-0.39, 0.29) is 0 Å². The summed E-state index contributed by atoms with van der Waals surface area (Å²) in [6, 6.07) is 0. The van der Waals surface area contributed by atoms with Gasteiger partial charge in [-0.15, -0.1) is 0 Å². The number of hydrogen-bond acceptors (Lipinski definition) is 3. The van der Waals surface area contributed by atoms with Gasteiger partial charge in [0.2, 0.25) is 3.79 Å². The first-order chi connectivity index (χ1) is 5.81. The van der Waals surface area contributed by atoms with E-state index in [9.17, 15) is 0 Å². The summed E-state index contributed by atoms with van der Waals surface area (Å²) in [5, 5.41) is 25.5. The highest BCUT2D eigenvalue weighted by atomic mass is 80.0. The first kappa shape index (κ1) is 18.6. The molecule has 0 unspecified atom stereocenters. The van der Waals surface area contributed by atoms with E-state index < -0.39 is 18.3 Å². The minimum absolute atomic E-state index is 0.433. The molecule has 0 aliphatic heterocycles.